The summed E-state index contributed by atoms with van der Waals surface area (Å²) in [5.74, 6) is 2.95. The summed E-state index contributed by atoms with van der Waals surface area (Å²) in [6.07, 6.45) is 10.1. The van der Waals surface area contributed by atoms with E-state index in [0.717, 1.165) is 25.7 Å². The van der Waals surface area contributed by atoms with E-state index in [-0.39, 0.29) is 22.9 Å². The quantitative estimate of drug-likeness (QED) is 0.134. The van der Waals surface area contributed by atoms with Gasteiger partial charge in [-0.15, -0.1) is 5.16 Å². The second kappa shape index (κ2) is 12.6. The molecule has 0 bridgehead atoms. The predicted molar refractivity (Wildman–Crippen MR) is 185 cm³/mol. The Labute approximate surface area is 267 Å². The van der Waals surface area contributed by atoms with Crippen LogP contribution in [0.2, 0.25) is 58.9 Å². The van der Waals surface area contributed by atoms with Crippen LogP contribution < -0.4 is 0 Å². The number of carbonyl (C=O) groups is 1. The van der Waals surface area contributed by atoms with Crippen molar-refractivity contribution < 1.29 is 22.9 Å². The molecule has 4 rings (SSSR count). The maximum atomic E-state index is 12.1. The Kier molecular flexibility index (Phi) is 10.4. The molecule has 4 fully saturated rings. The molecule has 9 heteroatoms. The number of carbonyl (C=O) groups excluding carboxylic acids is 1. The van der Waals surface area contributed by atoms with Crippen molar-refractivity contribution in [3.8, 4) is 0 Å². The molecule has 0 aliphatic heterocycles. The van der Waals surface area contributed by atoms with E-state index < -0.39 is 25.0 Å². The number of hydrogen-bond donors (Lipinski definition) is 0. The highest BCUT2D eigenvalue weighted by Crippen LogP contribution is 2.68. The number of methoxy groups -OCH3 is 1. The third-order valence-corrected chi connectivity index (χ3v) is 14.4. The third-order valence-electron chi connectivity index (χ3n) is 11.8. The minimum atomic E-state index is -1.83. The van der Waals surface area contributed by atoms with Gasteiger partial charge in [0.1, 0.15) is 0 Å². The van der Waals surface area contributed by atoms with E-state index in [2.05, 4.69) is 79.7 Å². The summed E-state index contributed by atoms with van der Waals surface area (Å²) in [7, 11) is -3.75. The zero-order valence-electron chi connectivity index (χ0n) is 30.0. The lowest BCUT2D eigenvalue weighted by Crippen LogP contribution is -2.63. The summed E-state index contributed by atoms with van der Waals surface area (Å²) in [5, 5.41) is 5.15. The Morgan fingerprint density at radius 1 is 0.907 bits per heavy atom. The van der Waals surface area contributed by atoms with Crippen LogP contribution in [0, 0.1) is 46.3 Å². The lowest BCUT2D eigenvalue weighted by Gasteiger charge is -2.63. The van der Waals surface area contributed by atoms with E-state index in [1.807, 2.05) is 0 Å². The van der Waals surface area contributed by atoms with E-state index in [4.69, 9.17) is 23.3 Å². The van der Waals surface area contributed by atoms with Crippen LogP contribution in [0.25, 0.3) is 0 Å². The van der Waals surface area contributed by atoms with Gasteiger partial charge in [-0.2, -0.15) is 0 Å². The zero-order chi connectivity index (χ0) is 32.2. The molecule has 10 atom stereocenters. The molecule has 0 aromatic carbocycles. The Balaban J connectivity index is 1.75. The largest absolute Gasteiger partial charge is 0.469 e. The Hall–Kier alpha value is -0.489. The summed E-state index contributed by atoms with van der Waals surface area (Å²) in [6, 6.07) is 0. The van der Waals surface area contributed by atoms with Gasteiger partial charge >= 0.3 is 5.97 Å². The van der Waals surface area contributed by atoms with Gasteiger partial charge in [-0.25, -0.2) is 0 Å². The molecule has 0 heterocycles. The molecule has 0 N–H and O–H groups in total. The Morgan fingerprint density at radius 2 is 1.56 bits per heavy atom. The molecule has 0 aromatic rings. The molecule has 0 spiro atoms. The molecular weight excluding hydrogens is 587 g/mol. The van der Waals surface area contributed by atoms with E-state index in [1.165, 1.54) is 38.5 Å². The molecule has 6 nitrogen and oxygen atoms in total. The molecule has 0 amide bonds. The van der Waals surface area contributed by atoms with Crippen molar-refractivity contribution in [2.24, 2.45) is 51.5 Å². The summed E-state index contributed by atoms with van der Waals surface area (Å²) in [6.45, 7) is 28.4. The SMILES string of the molecule is COC(=O)CCC(C)C1CCC2C3C(=NO[Si](C)(C)C)C[C@@H]4C[C@H](O[Si](C)(C)C)CCC4(C)C3C[C@H](O[Si](C)(C)C)C12C. The maximum Gasteiger partial charge on any atom is 0.305 e. The lowest BCUT2D eigenvalue weighted by atomic mass is 9.43. The predicted octanol–water partition coefficient (Wildman–Crippen LogP) is 9.10. The average molecular weight is 652 g/mol. The van der Waals surface area contributed by atoms with E-state index >= 15 is 0 Å². The number of rotatable bonds is 10. The summed E-state index contributed by atoms with van der Waals surface area (Å²) >= 11 is 0. The van der Waals surface area contributed by atoms with Gasteiger partial charge in [-0.1, -0.05) is 20.8 Å². The minimum Gasteiger partial charge on any atom is -0.469 e. The highest BCUT2D eigenvalue weighted by Gasteiger charge is 2.66. The second-order valence-corrected chi connectivity index (χ2v) is 31.5. The van der Waals surface area contributed by atoms with Crippen LogP contribution in [-0.2, 0) is 22.9 Å². The van der Waals surface area contributed by atoms with Crippen molar-refractivity contribution in [3.63, 3.8) is 0 Å². The molecule has 0 aromatic heterocycles. The number of ether oxygens (including phenoxy) is 1. The fraction of sp³-hybridized carbons (Fsp3) is 0.941. The van der Waals surface area contributed by atoms with Gasteiger partial charge in [-0.05, 0) is 151 Å². The first-order valence-corrected chi connectivity index (χ1v) is 27.6. The molecule has 4 saturated carbocycles. The van der Waals surface area contributed by atoms with Gasteiger partial charge in [0.25, 0.3) is 8.32 Å². The fourth-order valence-corrected chi connectivity index (χ4v) is 12.8. The average Bonchev–Trinajstić information content (AvgIpc) is 3.22. The number of nitrogens with zero attached hydrogens (tertiary/aromatic N) is 1. The van der Waals surface area contributed by atoms with Crippen LogP contribution in [0.5, 0.6) is 0 Å². The van der Waals surface area contributed by atoms with Gasteiger partial charge in [0.05, 0.1) is 18.9 Å². The molecule has 0 saturated heterocycles. The lowest BCUT2D eigenvalue weighted by molar-refractivity contribution is -0.144. The topological polar surface area (TPSA) is 66.4 Å². The molecule has 4 aliphatic carbocycles. The molecule has 4 aliphatic rings. The molecule has 43 heavy (non-hydrogen) atoms. The van der Waals surface area contributed by atoms with Crippen LogP contribution in [0.1, 0.15) is 78.6 Å². The van der Waals surface area contributed by atoms with Gasteiger partial charge in [0.15, 0.2) is 16.6 Å². The second-order valence-electron chi connectivity index (χ2n) is 18.2. The molecule has 248 valence electrons. The number of esters is 1. The van der Waals surface area contributed by atoms with E-state index in [1.54, 1.807) is 0 Å². The van der Waals surface area contributed by atoms with Crippen molar-refractivity contribution in [2.45, 2.75) is 150 Å². The van der Waals surface area contributed by atoms with Crippen molar-refractivity contribution in [1.82, 2.24) is 0 Å². The smallest absolute Gasteiger partial charge is 0.305 e. The maximum absolute atomic E-state index is 12.1. The van der Waals surface area contributed by atoms with Crippen LogP contribution in [0.3, 0.4) is 0 Å². The van der Waals surface area contributed by atoms with Crippen LogP contribution in [0.4, 0.5) is 0 Å². The van der Waals surface area contributed by atoms with Crippen molar-refractivity contribution in [3.05, 3.63) is 0 Å². The first-order valence-electron chi connectivity index (χ1n) is 17.4. The van der Waals surface area contributed by atoms with Crippen LogP contribution >= 0.6 is 0 Å². The molecule has 0 radical (unpaired) electrons. The highest BCUT2D eigenvalue weighted by atomic mass is 28.4. The molecular formula is C34H65NO5Si3. The summed E-state index contributed by atoms with van der Waals surface area (Å²) in [4.78, 5) is 12.1. The first kappa shape index (κ1) is 35.4. The Morgan fingerprint density at radius 3 is 2.14 bits per heavy atom. The summed E-state index contributed by atoms with van der Waals surface area (Å²) in [5.41, 5.74) is 1.66. The minimum absolute atomic E-state index is 0.0538. The van der Waals surface area contributed by atoms with Crippen molar-refractivity contribution in [1.29, 1.82) is 0 Å². The summed E-state index contributed by atoms with van der Waals surface area (Å²) < 4.78 is 25.5. The molecule has 7 unspecified atom stereocenters. The van der Waals surface area contributed by atoms with Crippen molar-refractivity contribution >= 4 is 36.6 Å². The third kappa shape index (κ3) is 7.74. The van der Waals surface area contributed by atoms with Gasteiger partial charge in [0, 0.05) is 18.4 Å². The van der Waals surface area contributed by atoms with Crippen molar-refractivity contribution in [2.75, 3.05) is 7.11 Å². The van der Waals surface area contributed by atoms with Gasteiger partial charge in [0.2, 0.25) is 0 Å². The van der Waals surface area contributed by atoms with E-state index in [0.29, 0.717) is 48.0 Å². The van der Waals surface area contributed by atoms with Crippen LogP contribution in [0.15, 0.2) is 5.16 Å². The van der Waals surface area contributed by atoms with Crippen LogP contribution in [-0.4, -0.2) is 56.0 Å². The first-order chi connectivity index (χ1) is 19.7. The fourth-order valence-electron chi connectivity index (χ4n) is 9.98. The van der Waals surface area contributed by atoms with Gasteiger partial charge in [-0.3, -0.25) is 4.79 Å². The zero-order valence-corrected chi connectivity index (χ0v) is 33.0. The Bertz CT molecular complexity index is 1030. The number of hydrogen-bond acceptors (Lipinski definition) is 6. The highest BCUT2D eigenvalue weighted by molar-refractivity contribution is 6.70. The number of oxime groups is 1. The van der Waals surface area contributed by atoms with Gasteiger partial charge < -0.3 is 18.1 Å². The normalized spacial score (nSPS) is 39.9. The standard InChI is InChI=1S/C34H65NO5Si3/c1-23(14-17-31(36)37-4)26-15-16-27-32-28(22-30(34(26,27)3)39-42(8,9)10)33(2)19-18-25(38-41(5,6)7)20-24(33)21-29(32)35-40-43(11,12)13/h23-28,30,32H,14-22H2,1-13H3/t23?,24-,25+,26?,27?,28?,30-,32?,33?,34?/m0/s1. The number of fused-ring (bicyclic) bond motifs is 5. The van der Waals surface area contributed by atoms with E-state index in [9.17, 15) is 4.79 Å². The monoisotopic (exact) mass is 651 g/mol.